The number of nitro benzene ring substituents is 1. The summed E-state index contributed by atoms with van der Waals surface area (Å²) in [6.45, 7) is 1.80. The van der Waals surface area contributed by atoms with Gasteiger partial charge in [0.05, 0.1) is 30.1 Å². The molecule has 1 aromatic carbocycles. The van der Waals surface area contributed by atoms with Gasteiger partial charge in [-0.1, -0.05) is 0 Å². The zero-order valence-corrected chi connectivity index (χ0v) is 10.7. The third kappa shape index (κ3) is 2.70. The second-order valence-electron chi connectivity index (χ2n) is 3.25. The fourth-order valence-electron chi connectivity index (χ4n) is 1.52. The molecule has 0 aliphatic heterocycles. The summed E-state index contributed by atoms with van der Waals surface area (Å²) in [4.78, 5) is 22.1. The maximum Gasteiger partial charge on any atom is 0.342 e. The van der Waals surface area contributed by atoms with Gasteiger partial charge >= 0.3 is 5.97 Å². The van der Waals surface area contributed by atoms with Crippen LogP contribution in [0, 0.1) is 10.1 Å². The van der Waals surface area contributed by atoms with Crippen molar-refractivity contribution in [2.24, 2.45) is 0 Å². The van der Waals surface area contributed by atoms with Crippen LogP contribution in [-0.2, 0) is 10.6 Å². The van der Waals surface area contributed by atoms with E-state index in [0.29, 0.717) is 0 Å². The molecule has 1 rings (SSSR count). The highest BCUT2D eigenvalue weighted by molar-refractivity contribution is 6.18. The van der Waals surface area contributed by atoms with Gasteiger partial charge in [0.1, 0.15) is 11.3 Å². The first-order valence-electron chi connectivity index (χ1n) is 5.14. The number of alkyl halides is 1. The van der Waals surface area contributed by atoms with Gasteiger partial charge in [-0.05, 0) is 13.0 Å². The third-order valence-electron chi connectivity index (χ3n) is 2.28. The Morgan fingerprint density at radius 1 is 1.50 bits per heavy atom. The van der Waals surface area contributed by atoms with E-state index in [1.165, 1.54) is 19.2 Å². The van der Waals surface area contributed by atoms with E-state index in [1.54, 1.807) is 6.92 Å². The Balaban J connectivity index is 3.46. The fraction of sp³-hybridized carbons (Fsp3) is 0.364. The number of esters is 1. The largest absolute Gasteiger partial charge is 0.496 e. The number of halogens is 1. The minimum atomic E-state index is -0.686. The number of nitrogens with zero attached hydrogens (tertiary/aromatic N) is 1. The number of carbonyl (C=O) groups excluding carboxylic acids is 1. The topological polar surface area (TPSA) is 78.7 Å². The molecule has 0 bridgehead atoms. The minimum absolute atomic E-state index is 0.00329. The minimum Gasteiger partial charge on any atom is -0.496 e. The van der Waals surface area contributed by atoms with E-state index in [-0.39, 0.29) is 35.1 Å². The summed E-state index contributed by atoms with van der Waals surface area (Å²) in [5, 5.41) is 10.9. The van der Waals surface area contributed by atoms with Crippen LogP contribution < -0.4 is 4.74 Å². The van der Waals surface area contributed by atoms with Gasteiger partial charge in [0.15, 0.2) is 0 Å². The van der Waals surface area contributed by atoms with Crippen molar-refractivity contribution >= 4 is 23.3 Å². The van der Waals surface area contributed by atoms with Gasteiger partial charge in [0.25, 0.3) is 5.69 Å². The quantitative estimate of drug-likeness (QED) is 0.356. The van der Waals surface area contributed by atoms with Crippen LogP contribution in [0.5, 0.6) is 5.75 Å². The van der Waals surface area contributed by atoms with Crippen LogP contribution in [0.1, 0.15) is 22.8 Å². The van der Waals surface area contributed by atoms with Crippen LogP contribution in [0.25, 0.3) is 0 Å². The van der Waals surface area contributed by atoms with Crippen molar-refractivity contribution in [3.05, 3.63) is 33.4 Å². The summed E-state index contributed by atoms with van der Waals surface area (Å²) in [6.07, 6.45) is 0. The smallest absolute Gasteiger partial charge is 0.342 e. The highest BCUT2D eigenvalue weighted by atomic mass is 35.5. The van der Waals surface area contributed by atoms with E-state index in [2.05, 4.69) is 0 Å². The number of hydrogen-bond donors (Lipinski definition) is 0. The molecule has 7 heteroatoms. The Hall–Kier alpha value is -1.82. The molecule has 0 saturated heterocycles. The molecular weight excluding hydrogens is 262 g/mol. The van der Waals surface area contributed by atoms with Crippen molar-refractivity contribution in [1.82, 2.24) is 0 Å². The fourth-order valence-corrected chi connectivity index (χ4v) is 1.79. The van der Waals surface area contributed by atoms with Gasteiger partial charge in [-0.15, -0.1) is 11.6 Å². The predicted molar refractivity (Wildman–Crippen MR) is 65.2 cm³/mol. The van der Waals surface area contributed by atoms with Gasteiger partial charge < -0.3 is 9.47 Å². The molecule has 0 radical (unpaired) electrons. The number of rotatable bonds is 5. The second kappa shape index (κ2) is 6.20. The molecule has 0 N–H and O–H groups in total. The number of ether oxygens (including phenoxy) is 2. The van der Waals surface area contributed by atoms with Crippen molar-refractivity contribution in [3.63, 3.8) is 0 Å². The highest BCUT2D eigenvalue weighted by Gasteiger charge is 2.26. The summed E-state index contributed by atoms with van der Waals surface area (Å²) in [5.41, 5.74) is -0.128. The van der Waals surface area contributed by atoms with Gasteiger partial charge in [-0.25, -0.2) is 4.79 Å². The molecule has 0 fully saturated rings. The molecule has 0 unspecified atom stereocenters. The monoisotopic (exact) mass is 273 g/mol. The molecule has 0 aliphatic carbocycles. The number of carbonyl (C=O) groups is 1. The molecule has 98 valence electrons. The molecular formula is C11H12ClNO5. The Labute approximate surface area is 109 Å². The van der Waals surface area contributed by atoms with Crippen LogP contribution in [0.15, 0.2) is 12.1 Å². The summed E-state index contributed by atoms with van der Waals surface area (Å²) >= 11 is 5.69. The zero-order valence-electron chi connectivity index (χ0n) is 9.94. The first-order valence-corrected chi connectivity index (χ1v) is 5.67. The molecule has 0 saturated carbocycles. The van der Waals surface area contributed by atoms with Crippen LogP contribution in [0.3, 0.4) is 0 Å². The zero-order chi connectivity index (χ0) is 13.7. The van der Waals surface area contributed by atoms with Crippen molar-refractivity contribution in [2.45, 2.75) is 12.8 Å². The normalized spacial score (nSPS) is 9.94. The lowest BCUT2D eigenvalue weighted by atomic mass is 10.1. The summed E-state index contributed by atoms with van der Waals surface area (Å²) in [7, 11) is 1.36. The van der Waals surface area contributed by atoms with Crippen molar-refractivity contribution in [2.75, 3.05) is 13.7 Å². The third-order valence-corrected chi connectivity index (χ3v) is 2.55. The van der Waals surface area contributed by atoms with Gasteiger partial charge in [0.2, 0.25) is 0 Å². The lowest BCUT2D eigenvalue weighted by molar-refractivity contribution is -0.385. The van der Waals surface area contributed by atoms with E-state index in [9.17, 15) is 14.9 Å². The molecule has 6 nitrogen and oxygen atoms in total. The highest BCUT2D eigenvalue weighted by Crippen LogP contribution is 2.32. The Morgan fingerprint density at radius 3 is 2.61 bits per heavy atom. The van der Waals surface area contributed by atoms with Gasteiger partial charge in [0, 0.05) is 6.07 Å². The van der Waals surface area contributed by atoms with Crippen LogP contribution >= 0.6 is 11.6 Å². The Morgan fingerprint density at radius 2 is 2.17 bits per heavy atom. The van der Waals surface area contributed by atoms with E-state index in [1.807, 2.05) is 0 Å². The van der Waals surface area contributed by atoms with E-state index >= 15 is 0 Å². The SMILES string of the molecule is CCOC(=O)c1c(OC)ccc([N+](=O)[O-])c1CCl. The van der Waals surface area contributed by atoms with Crippen LogP contribution in [0.2, 0.25) is 0 Å². The predicted octanol–water partition coefficient (Wildman–Crippen LogP) is 2.52. The molecule has 18 heavy (non-hydrogen) atoms. The summed E-state index contributed by atoms with van der Waals surface area (Å²) in [5.74, 6) is -0.662. The number of hydrogen-bond acceptors (Lipinski definition) is 5. The average Bonchev–Trinajstić information content (AvgIpc) is 2.36. The molecule has 1 aromatic rings. The van der Waals surface area contributed by atoms with Gasteiger partial charge in [-0.2, -0.15) is 0 Å². The molecule has 0 heterocycles. The second-order valence-corrected chi connectivity index (χ2v) is 3.52. The van der Waals surface area contributed by atoms with E-state index in [4.69, 9.17) is 21.1 Å². The van der Waals surface area contributed by atoms with Crippen molar-refractivity contribution < 1.29 is 19.2 Å². The number of nitro groups is 1. The number of methoxy groups -OCH3 is 1. The lowest BCUT2D eigenvalue weighted by Crippen LogP contribution is -2.11. The van der Waals surface area contributed by atoms with E-state index in [0.717, 1.165) is 0 Å². The number of benzene rings is 1. The van der Waals surface area contributed by atoms with E-state index < -0.39 is 10.9 Å². The molecule has 0 aliphatic rings. The van der Waals surface area contributed by atoms with Crippen molar-refractivity contribution in [1.29, 1.82) is 0 Å². The Kier molecular flexibility index (Phi) is 4.91. The Bertz CT molecular complexity index is 475. The average molecular weight is 274 g/mol. The van der Waals surface area contributed by atoms with Gasteiger partial charge in [-0.3, -0.25) is 10.1 Å². The maximum absolute atomic E-state index is 11.8. The molecule has 0 amide bonds. The molecule has 0 atom stereocenters. The standard InChI is InChI=1S/C11H12ClNO5/c1-3-18-11(14)10-7(6-12)8(13(15)16)4-5-9(10)17-2/h4-5H,3,6H2,1-2H3. The molecule has 0 aromatic heterocycles. The van der Waals surface area contributed by atoms with Crippen LogP contribution in [0.4, 0.5) is 5.69 Å². The lowest BCUT2D eigenvalue weighted by Gasteiger charge is -2.11. The maximum atomic E-state index is 11.8. The summed E-state index contributed by atoms with van der Waals surface area (Å²) < 4.78 is 9.86. The summed E-state index contributed by atoms with van der Waals surface area (Å²) in [6, 6.07) is 2.60. The first-order chi connectivity index (χ1) is 8.56. The van der Waals surface area contributed by atoms with Crippen LogP contribution in [-0.4, -0.2) is 24.6 Å². The van der Waals surface area contributed by atoms with Crippen molar-refractivity contribution in [3.8, 4) is 5.75 Å². The molecule has 0 spiro atoms. The first kappa shape index (κ1) is 14.2.